The fourth-order valence-corrected chi connectivity index (χ4v) is 4.46. The molecule has 21 heavy (non-hydrogen) atoms. The molecule has 0 amide bonds. The van der Waals surface area contributed by atoms with Crippen LogP contribution in [0.1, 0.15) is 62.0 Å². The van der Waals surface area contributed by atoms with E-state index in [2.05, 4.69) is 29.2 Å². The van der Waals surface area contributed by atoms with Crippen LogP contribution in [-0.4, -0.2) is 28.7 Å². The van der Waals surface area contributed by atoms with Gasteiger partial charge in [-0.3, -0.25) is 4.90 Å². The van der Waals surface area contributed by atoms with Crippen LogP contribution in [0.3, 0.4) is 0 Å². The van der Waals surface area contributed by atoms with E-state index in [1.165, 1.54) is 49.8 Å². The molecule has 114 valence electrons. The van der Waals surface area contributed by atoms with Crippen molar-refractivity contribution in [1.29, 1.82) is 0 Å². The predicted molar refractivity (Wildman–Crippen MR) is 85.2 cm³/mol. The van der Waals surface area contributed by atoms with Gasteiger partial charge in [0, 0.05) is 25.6 Å². The van der Waals surface area contributed by atoms with Crippen molar-refractivity contribution in [3.8, 4) is 0 Å². The minimum Gasteiger partial charge on any atom is -0.389 e. The largest absolute Gasteiger partial charge is 0.389 e. The van der Waals surface area contributed by atoms with Crippen LogP contribution in [-0.2, 0) is 6.54 Å². The van der Waals surface area contributed by atoms with Crippen LogP contribution >= 0.6 is 0 Å². The van der Waals surface area contributed by atoms with Crippen molar-refractivity contribution in [1.82, 2.24) is 4.90 Å². The van der Waals surface area contributed by atoms with Gasteiger partial charge in [-0.15, -0.1) is 0 Å². The Labute approximate surface area is 128 Å². The fourth-order valence-electron chi connectivity index (χ4n) is 4.46. The van der Waals surface area contributed by atoms with Crippen LogP contribution in [0.2, 0.25) is 0 Å². The molecule has 1 unspecified atom stereocenters. The summed E-state index contributed by atoms with van der Waals surface area (Å²) in [6.45, 7) is 3.38. The van der Waals surface area contributed by atoms with Crippen LogP contribution in [0.25, 0.3) is 0 Å². The molecule has 0 saturated heterocycles. The maximum atomic E-state index is 11.3. The first kappa shape index (κ1) is 13.8. The third-order valence-electron chi connectivity index (χ3n) is 5.85. The summed E-state index contributed by atoms with van der Waals surface area (Å²) in [6.07, 6.45) is 8.48. The molecule has 0 bridgehead atoms. The third-order valence-corrected chi connectivity index (χ3v) is 5.85. The Hall–Kier alpha value is -0.860. The molecule has 2 aliphatic carbocycles. The smallest absolute Gasteiger partial charge is 0.0728 e. The van der Waals surface area contributed by atoms with E-state index in [9.17, 15) is 5.11 Å². The van der Waals surface area contributed by atoms with Crippen molar-refractivity contribution in [3.05, 3.63) is 35.4 Å². The molecular formula is C19H27NO. The topological polar surface area (TPSA) is 23.5 Å². The molecule has 0 aromatic heterocycles. The summed E-state index contributed by atoms with van der Waals surface area (Å²) in [6, 6.07) is 8.84. The normalized spacial score (nSPS) is 29.1. The van der Waals surface area contributed by atoms with E-state index in [-0.39, 0.29) is 0 Å². The summed E-state index contributed by atoms with van der Waals surface area (Å²) in [7, 11) is 0. The molecule has 1 aromatic carbocycles. The molecule has 3 aliphatic rings. The average Bonchev–Trinajstić information content (AvgIpc) is 3.31. The van der Waals surface area contributed by atoms with E-state index < -0.39 is 5.60 Å². The van der Waals surface area contributed by atoms with Gasteiger partial charge in [-0.25, -0.2) is 0 Å². The van der Waals surface area contributed by atoms with Crippen molar-refractivity contribution in [3.63, 3.8) is 0 Å². The van der Waals surface area contributed by atoms with Crippen molar-refractivity contribution in [2.75, 3.05) is 13.1 Å². The molecule has 0 radical (unpaired) electrons. The second-order valence-electron chi connectivity index (χ2n) is 7.55. The molecule has 1 aromatic rings. The van der Waals surface area contributed by atoms with Crippen molar-refractivity contribution < 1.29 is 5.11 Å². The average molecular weight is 285 g/mol. The lowest BCUT2D eigenvalue weighted by Crippen LogP contribution is -2.47. The lowest BCUT2D eigenvalue weighted by molar-refractivity contribution is -0.0360. The minimum absolute atomic E-state index is 0.321. The molecule has 2 saturated carbocycles. The molecule has 1 heterocycles. The SMILES string of the molecule is OC1(C2CN(CC3CC3)Cc3ccccc32)CCCCC1. The van der Waals surface area contributed by atoms with Crippen LogP contribution < -0.4 is 0 Å². The van der Waals surface area contributed by atoms with Crippen LogP contribution in [0.15, 0.2) is 24.3 Å². The van der Waals surface area contributed by atoms with Gasteiger partial charge in [0.25, 0.3) is 0 Å². The van der Waals surface area contributed by atoms with E-state index in [0.717, 1.165) is 31.8 Å². The quantitative estimate of drug-likeness (QED) is 0.915. The van der Waals surface area contributed by atoms with Gasteiger partial charge < -0.3 is 5.11 Å². The minimum atomic E-state index is -0.462. The summed E-state index contributed by atoms with van der Waals surface area (Å²) < 4.78 is 0. The summed E-state index contributed by atoms with van der Waals surface area (Å²) >= 11 is 0. The summed E-state index contributed by atoms with van der Waals surface area (Å²) in [5.41, 5.74) is 2.42. The Balaban J connectivity index is 1.63. The zero-order valence-electron chi connectivity index (χ0n) is 12.9. The standard InChI is InChI=1S/C19H27NO/c21-19(10-4-1-5-11-19)18-14-20(12-15-8-9-15)13-16-6-2-3-7-17(16)18/h2-3,6-7,15,18,21H,1,4-5,8-14H2. The van der Waals surface area contributed by atoms with Crippen LogP contribution in [0.5, 0.6) is 0 Å². The molecule has 1 N–H and O–H groups in total. The van der Waals surface area contributed by atoms with Gasteiger partial charge in [0.1, 0.15) is 0 Å². The van der Waals surface area contributed by atoms with Gasteiger partial charge in [0.05, 0.1) is 5.60 Å². The second-order valence-corrected chi connectivity index (χ2v) is 7.55. The van der Waals surface area contributed by atoms with Gasteiger partial charge in [0.15, 0.2) is 0 Å². The van der Waals surface area contributed by atoms with Gasteiger partial charge in [0.2, 0.25) is 0 Å². The Morgan fingerprint density at radius 3 is 2.62 bits per heavy atom. The molecular weight excluding hydrogens is 258 g/mol. The zero-order chi connectivity index (χ0) is 14.3. The first-order valence-electron chi connectivity index (χ1n) is 8.77. The lowest BCUT2D eigenvalue weighted by atomic mass is 9.70. The molecule has 1 aliphatic heterocycles. The molecule has 2 heteroatoms. The first-order valence-corrected chi connectivity index (χ1v) is 8.77. The maximum Gasteiger partial charge on any atom is 0.0728 e. The van der Waals surface area contributed by atoms with E-state index in [1.54, 1.807) is 0 Å². The van der Waals surface area contributed by atoms with Gasteiger partial charge in [-0.1, -0.05) is 43.5 Å². The number of nitrogens with zero attached hydrogens (tertiary/aromatic N) is 1. The summed E-state index contributed by atoms with van der Waals surface area (Å²) in [4.78, 5) is 2.61. The number of aliphatic hydroxyl groups is 1. The highest BCUT2D eigenvalue weighted by atomic mass is 16.3. The maximum absolute atomic E-state index is 11.3. The molecule has 4 rings (SSSR count). The fraction of sp³-hybridized carbons (Fsp3) is 0.684. The van der Waals surface area contributed by atoms with E-state index in [1.807, 2.05) is 0 Å². The lowest BCUT2D eigenvalue weighted by Gasteiger charge is -2.45. The molecule has 0 spiro atoms. The van der Waals surface area contributed by atoms with E-state index in [0.29, 0.717) is 5.92 Å². The Bertz CT molecular complexity index is 502. The number of rotatable bonds is 3. The van der Waals surface area contributed by atoms with Gasteiger partial charge in [-0.2, -0.15) is 0 Å². The Kier molecular flexibility index (Phi) is 3.55. The van der Waals surface area contributed by atoms with E-state index in [4.69, 9.17) is 0 Å². The molecule has 1 atom stereocenters. The monoisotopic (exact) mass is 285 g/mol. The highest BCUT2D eigenvalue weighted by molar-refractivity contribution is 5.35. The Morgan fingerprint density at radius 2 is 1.86 bits per heavy atom. The van der Waals surface area contributed by atoms with Gasteiger partial charge >= 0.3 is 0 Å². The van der Waals surface area contributed by atoms with Crippen LogP contribution in [0.4, 0.5) is 0 Å². The zero-order valence-corrected chi connectivity index (χ0v) is 12.9. The highest BCUT2D eigenvalue weighted by Gasteiger charge is 2.42. The predicted octanol–water partition coefficient (Wildman–Crippen LogP) is 3.69. The number of hydrogen-bond acceptors (Lipinski definition) is 2. The summed E-state index contributed by atoms with van der Waals surface area (Å²) in [5, 5.41) is 11.3. The number of benzene rings is 1. The second kappa shape index (κ2) is 5.40. The van der Waals surface area contributed by atoms with Gasteiger partial charge in [-0.05, 0) is 42.7 Å². The Morgan fingerprint density at radius 1 is 1.10 bits per heavy atom. The van der Waals surface area contributed by atoms with Crippen LogP contribution in [0, 0.1) is 5.92 Å². The summed E-state index contributed by atoms with van der Waals surface area (Å²) in [5.74, 6) is 1.25. The van der Waals surface area contributed by atoms with Crippen molar-refractivity contribution >= 4 is 0 Å². The number of fused-ring (bicyclic) bond motifs is 1. The molecule has 2 fully saturated rings. The number of hydrogen-bond donors (Lipinski definition) is 1. The van der Waals surface area contributed by atoms with Crippen molar-refractivity contribution in [2.24, 2.45) is 5.92 Å². The van der Waals surface area contributed by atoms with E-state index >= 15 is 0 Å². The third kappa shape index (κ3) is 2.76. The highest BCUT2D eigenvalue weighted by Crippen LogP contribution is 2.44. The van der Waals surface area contributed by atoms with Crippen molar-refractivity contribution in [2.45, 2.75) is 63.0 Å². The first-order chi connectivity index (χ1) is 10.2. The molecule has 2 nitrogen and oxygen atoms in total.